The molecule has 6 nitrogen and oxygen atoms in total. The van der Waals surface area contributed by atoms with Crippen LogP contribution in [0.3, 0.4) is 0 Å². The maximum Gasteiger partial charge on any atom is 0.0162 e. The summed E-state index contributed by atoms with van der Waals surface area (Å²) in [6.45, 7) is 40.0. The summed E-state index contributed by atoms with van der Waals surface area (Å²) in [6.07, 6.45) is 96.1. The minimum absolute atomic E-state index is 0. The summed E-state index contributed by atoms with van der Waals surface area (Å²) in [5.74, 6) is 0. The molecule has 0 aromatic carbocycles. The quantitative estimate of drug-likeness (QED) is 0.0249. The Labute approximate surface area is 841 Å². The number of hydrogen-bond donors (Lipinski definition) is 0. The van der Waals surface area contributed by atoms with Gasteiger partial charge in [0.05, 0.1) is 0 Å². The fourth-order valence-electron chi connectivity index (χ4n) is 14.8. The van der Waals surface area contributed by atoms with Crippen LogP contribution in [0.1, 0.15) is 545 Å². The number of nitrogens with zero attached hydrogens (tertiary/aromatic N) is 6. The maximum atomic E-state index is 5.20. The average molecular weight is 2000 g/mol. The summed E-state index contributed by atoms with van der Waals surface area (Å²) < 4.78 is 4.04. The molecule has 0 radical (unpaired) electrons. The van der Waals surface area contributed by atoms with Crippen LogP contribution >= 0.6 is 73.3 Å². The van der Waals surface area contributed by atoms with E-state index in [1.165, 1.54) is 462 Å². The SMILES string of the molecule is CCCCCCCCN(CCCCCCCC)C(=S)[S-].CCCCCCCCN(CCCCCCCC)C(=S)[S-].CCCCCCCCN(CCCCCCCC)C(=S)[S-].CCCCCCCCN(CCCCCCCC)C(=S)[S-].CCCCCCCCN(CCCCCCCC)C(=S)[S-].CCCCCCCCN(CCCCCCCC)C(=S)[S-].[Mo]. The van der Waals surface area contributed by atoms with Crippen molar-refractivity contribution in [3.63, 3.8) is 0 Å². The van der Waals surface area contributed by atoms with Gasteiger partial charge in [-0.05, 0) is 77.0 Å². The molecule has 0 spiro atoms. The van der Waals surface area contributed by atoms with Crippen molar-refractivity contribution in [2.24, 2.45) is 0 Å². The number of rotatable bonds is 84. The molecule has 0 unspecified atom stereocenters. The molecule has 0 saturated carbocycles. The predicted molar refractivity (Wildman–Crippen MR) is 590 cm³/mol. The largest absolute Gasteiger partial charge is 0.411 e. The molecular weight excluding hydrogens is 1790 g/mol. The zero-order valence-corrected chi connectivity index (χ0v) is 94.2. The molecule has 0 amide bonds. The van der Waals surface area contributed by atoms with Crippen LogP contribution in [-0.2, 0) is 96.8 Å². The second-order valence-electron chi connectivity index (χ2n) is 34.7. The molecule has 0 rings (SSSR count). The van der Waals surface area contributed by atoms with Gasteiger partial charge in [-0.2, -0.15) is 0 Å². The molecule has 0 aliphatic carbocycles. The summed E-state index contributed by atoms with van der Waals surface area (Å²) >= 11 is 62.4. The Bertz CT molecular complexity index is 1580. The van der Waals surface area contributed by atoms with Crippen LogP contribution in [0.25, 0.3) is 0 Å². The Morgan fingerprint density at radius 2 is 0.182 bits per heavy atom. The van der Waals surface area contributed by atoms with Crippen molar-refractivity contribution >= 4 is 175 Å². The van der Waals surface area contributed by atoms with Crippen molar-refractivity contribution in [2.75, 3.05) is 78.5 Å². The van der Waals surface area contributed by atoms with Gasteiger partial charge in [-0.1, -0.05) is 494 Å². The second kappa shape index (κ2) is 119. The first kappa shape index (κ1) is 135. The third kappa shape index (κ3) is 117. The molecule has 121 heavy (non-hydrogen) atoms. The third-order valence-corrected chi connectivity index (χ3v) is 26.0. The minimum atomic E-state index is 0. The summed E-state index contributed by atoms with van der Waals surface area (Å²) in [4.78, 5) is 13.4. The molecule has 726 valence electrons. The van der Waals surface area contributed by atoms with E-state index in [9.17, 15) is 0 Å². The summed E-state index contributed by atoms with van der Waals surface area (Å²) in [7, 11) is 0. The van der Waals surface area contributed by atoms with Crippen LogP contribution in [0.4, 0.5) is 0 Å². The molecule has 0 aliphatic heterocycles. The molecule has 0 saturated heterocycles. The van der Waals surface area contributed by atoms with E-state index >= 15 is 0 Å². The normalized spacial score (nSPS) is 10.6. The molecule has 0 fully saturated rings. The van der Waals surface area contributed by atoms with E-state index in [1.54, 1.807) is 0 Å². The van der Waals surface area contributed by atoms with Crippen molar-refractivity contribution in [1.82, 2.24) is 29.4 Å². The van der Waals surface area contributed by atoms with E-state index in [2.05, 4.69) is 112 Å². The number of unbranched alkanes of at least 4 members (excludes halogenated alkanes) is 60. The zero-order chi connectivity index (χ0) is 90.3. The Hall–Kier alpha value is 1.35. The van der Waals surface area contributed by atoms with Crippen LogP contribution in [-0.4, -0.2) is 134 Å². The van der Waals surface area contributed by atoms with Crippen molar-refractivity contribution in [1.29, 1.82) is 0 Å². The van der Waals surface area contributed by atoms with Gasteiger partial charge in [-0.3, -0.25) is 0 Å². The molecule has 0 aromatic heterocycles. The topological polar surface area (TPSA) is 19.4 Å². The van der Waals surface area contributed by atoms with Crippen LogP contribution < -0.4 is 0 Å². The summed E-state index contributed by atoms with van der Waals surface area (Å²) in [5.41, 5.74) is 0. The van der Waals surface area contributed by atoms with Gasteiger partial charge in [-0.25, -0.2) is 0 Å². The Morgan fingerprint density at radius 1 is 0.124 bits per heavy atom. The third-order valence-electron chi connectivity index (χ3n) is 22.9. The van der Waals surface area contributed by atoms with Crippen LogP contribution in [0.5, 0.6) is 0 Å². The smallest absolute Gasteiger partial charge is 0.0162 e. The average Bonchev–Trinajstić information content (AvgIpc) is 1.00. The fraction of sp³-hybridized carbons (Fsp3) is 0.941. The van der Waals surface area contributed by atoms with E-state index in [0.29, 0.717) is 25.9 Å². The van der Waals surface area contributed by atoms with E-state index in [4.69, 9.17) is 149 Å². The number of thiocarbonyl (C=S) groups is 6. The standard InChI is InChI=1S/6C17H35NS2.Mo/c6*1-3-5-7-9-11-13-15-18(17(19)20)16-14-12-10-8-6-4-2;/h6*3-16H2,1-2H3,(H,19,20);/p-6. The van der Waals surface area contributed by atoms with Crippen molar-refractivity contribution in [3.05, 3.63) is 0 Å². The second-order valence-corrected chi connectivity index (χ2v) is 40.9. The molecule has 0 heterocycles. The Kier molecular flexibility index (Phi) is 134. The van der Waals surface area contributed by atoms with Gasteiger partial charge < -0.3 is 178 Å². The summed E-state index contributed by atoms with van der Waals surface area (Å²) in [6, 6.07) is 0. The Balaban J connectivity index is -0.000000257. The van der Waals surface area contributed by atoms with Gasteiger partial charge in [0.25, 0.3) is 0 Å². The van der Waals surface area contributed by atoms with Gasteiger partial charge in [0.1, 0.15) is 0 Å². The van der Waals surface area contributed by atoms with Crippen LogP contribution in [0.15, 0.2) is 0 Å². The molecule has 0 aliphatic rings. The van der Waals surface area contributed by atoms with Gasteiger partial charge >= 0.3 is 0 Å². The molecule has 0 aromatic rings. The van der Waals surface area contributed by atoms with Crippen molar-refractivity contribution < 1.29 is 21.1 Å². The van der Waals surface area contributed by atoms with E-state index in [0.717, 1.165) is 78.5 Å². The van der Waals surface area contributed by atoms with Gasteiger partial charge in [0.15, 0.2) is 0 Å². The van der Waals surface area contributed by atoms with Crippen LogP contribution in [0, 0.1) is 0 Å². The monoisotopic (exact) mass is 2000 g/mol. The van der Waals surface area contributed by atoms with Crippen molar-refractivity contribution in [3.8, 4) is 0 Å². The molecular formula is C102H204MoN6S12-6. The number of hydrogen-bond acceptors (Lipinski definition) is 12. The molecule has 19 heteroatoms. The van der Waals surface area contributed by atoms with Gasteiger partial charge in [0.2, 0.25) is 0 Å². The van der Waals surface area contributed by atoms with E-state index in [-0.39, 0.29) is 21.1 Å². The van der Waals surface area contributed by atoms with Gasteiger partial charge in [0, 0.05) is 99.6 Å². The molecule has 0 N–H and O–H groups in total. The van der Waals surface area contributed by atoms with Gasteiger partial charge in [-0.15, -0.1) is 0 Å². The van der Waals surface area contributed by atoms with Crippen molar-refractivity contribution in [2.45, 2.75) is 545 Å². The van der Waals surface area contributed by atoms with E-state index in [1.807, 2.05) is 0 Å². The first-order chi connectivity index (χ1) is 58.3. The predicted octanol–water partition coefficient (Wildman–Crippen LogP) is 35.0. The minimum Gasteiger partial charge on any atom is -0.411 e. The first-order valence-electron chi connectivity index (χ1n) is 52.1. The van der Waals surface area contributed by atoms with Crippen LogP contribution in [0.2, 0.25) is 0 Å². The maximum absolute atomic E-state index is 5.20. The zero-order valence-electron chi connectivity index (χ0n) is 82.4. The fourth-order valence-corrected chi connectivity index (χ4v) is 17.0. The molecule has 0 bridgehead atoms. The Morgan fingerprint density at radius 3 is 0.240 bits per heavy atom. The van der Waals surface area contributed by atoms with E-state index < -0.39 is 0 Å². The first-order valence-corrected chi connectivity index (χ1v) is 57.0. The molecule has 0 atom stereocenters. The summed E-state index contributed by atoms with van der Waals surface area (Å²) in [5, 5.41) is 0.